The minimum atomic E-state index is -5.36. The summed E-state index contributed by atoms with van der Waals surface area (Å²) in [5.74, 6) is -1.53. The number of pyridine rings is 1. The number of hydrogen-bond acceptors (Lipinski definition) is 4. The maximum Gasteiger partial charge on any atom is 0.573 e. The molecule has 0 N–H and O–H groups in total. The van der Waals surface area contributed by atoms with Crippen molar-refractivity contribution in [3.05, 3.63) is 27.6 Å². The predicted octanol–water partition coefficient (Wildman–Crippen LogP) is 3.22. The van der Waals surface area contributed by atoms with Gasteiger partial charge in [-0.2, -0.15) is 13.2 Å². The third-order valence-corrected chi connectivity index (χ3v) is 1.93. The molecule has 0 bridgehead atoms. The van der Waals surface area contributed by atoms with E-state index in [2.05, 4.69) is 9.72 Å². The lowest BCUT2D eigenvalue weighted by atomic mass is 10.1. The first kappa shape index (κ1) is 15.0. The molecule has 1 aromatic heterocycles. The molecule has 0 aliphatic rings. The molecule has 0 fully saturated rings. The predicted molar refractivity (Wildman–Crippen MR) is 47.3 cm³/mol. The first-order chi connectivity index (χ1) is 8.43. The molecule has 0 saturated heterocycles. The number of nitro groups is 1. The van der Waals surface area contributed by atoms with Crippen molar-refractivity contribution in [2.45, 2.75) is 19.5 Å². The van der Waals surface area contributed by atoms with Crippen molar-refractivity contribution in [2.24, 2.45) is 0 Å². The van der Waals surface area contributed by atoms with Gasteiger partial charge >= 0.3 is 18.2 Å². The second-order valence-corrected chi connectivity index (χ2v) is 3.25. The smallest absolute Gasteiger partial charge is 0.398 e. The highest BCUT2D eigenvalue weighted by molar-refractivity contribution is 5.52. The first-order valence-electron chi connectivity index (χ1n) is 4.40. The quantitative estimate of drug-likeness (QED) is 0.476. The molecule has 1 aromatic rings. The molecule has 1 heterocycles. The molecular formula is C8H4F6N2O3. The van der Waals surface area contributed by atoms with E-state index in [1.54, 1.807) is 0 Å². The van der Waals surface area contributed by atoms with Crippen LogP contribution in [-0.2, 0) is 6.18 Å². The minimum absolute atomic E-state index is 0.0664. The SMILES string of the molecule is Cc1c(C(F)(F)F)ncc([N+](=O)[O-])c1OC(F)(F)F. The van der Waals surface area contributed by atoms with Gasteiger partial charge < -0.3 is 4.74 Å². The van der Waals surface area contributed by atoms with Crippen LogP contribution in [0.1, 0.15) is 11.3 Å². The number of halogens is 6. The van der Waals surface area contributed by atoms with Gasteiger partial charge in [0, 0.05) is 5.56 Å². The Morgan fingerprint density at radius 3 is 2.16 bits per heavy atom. The zero-order valence-corrected chi connectivity index (χ0v) is 8.96. The van der Waals surface area contributed by atoms with Gasteiger partial charge in [0.15, 0.2) is 5.69 Å². The zero-order valence-electron chi connectivity index (χ0n) is 8.96. The summed E-state index contributed by atoms with van der Waals surface area (Å²) in [5.41, 5.74) is -4.10. The Morgan fingerprint density at radius 2 is 1.79 bits per heavy atom. The summed E-state index contributed by atoms with van der Waals surface area (Å²) in [6.45, 7) is 0.601. The number of ether oxygens (including phenoxy) is 1. The van der Waals surface area contributed by atoms with Crippen LogP contribution in [0.15, 0.2) is 6.20 Å². The molecular weight excluding hydrogens is 286 g/mol. The maximum absolute atomic E-state index is 12.4. The number of hydrogen-bond donors (Lipinski definition) is 0. The first-order valence-corrected chi connectivity index (χ1v) is 4.40. The molecule has 0 atom stereocenters. The van der Waals surface area contributed by atoms with Crippen LogP contribution in [0.2, 0.25) is 0 Å². The van der Waals surface area contributed by atoms with Crippen LogP contribution in [-0.4, -0.2) is 16.3 Å². The van der Waals surface area contributed by atoms with E-state index in [4.69, 9.17) is 0 Å². The van der Waals surface area contributed by atoms with Crippen LogP contribution in [0, 0.1) is 17.0 Å². The van der Waals surface area contributed by atoms with Gasteiger partial charge in [0.2, 0.25) is 5.75 Å². The van der Waals surface area contributed by atoms with Gasteiger partial charge in [0.1, 0.15) is 6.20 Å². The Labute approximate surface area is 101 Å². The summed E-state index contributed by atoms with van der Waals surface area (Å²) < 4.78 is 76.7. The summed E-state index contributed by atoms with van der Waals surface area (Å²) in [6, 6.07) is 0. The monoisotopic (exact) mass is 290 g/mol. The van der Waals surface area contributed by atoms with Crippen molar-refractivity contribution in [1.82, 2.24) is 4.98 Å². The van der Waals surface area contributed by atoms with Crippen LogP contribution < -0.4 is 4.74 Å². The normalized spacial score (nSPS) is 12.4. The molecule has 0 unspecified atom stereocenters. The Hall–Kier alpha value is -2.07. The van der Waals surface area contributed by atoms with E-state index in [1.165, 1.54) is 0 Å². The lowest BCUT2D eigenvalue weighted by Gasteiger charge is -2.14. The lowest BCUT2D eigenvalue weighted by molar-refractivity contribution is -0.389. The number of rotatable bonds is 2. The van der Waals surface area contributed by atoms with E-state index in [0.29, 0.717) is 6.92 Å². The molecule has 0 aliphatic carbocycles. The molecule has 19 heavy (non-hydrogen) atoms. The van der Waals surface area contributed by atoms with Crippen molar-refractivity contribution in [3.8, 4) is 5.75 Å². The Kier molecular flexibility index (Phi) is 3.59. The van der Waals surface area contributed by atoms with Gasteiger partial charge in [0.25, 0.3) is 0 Å². The average molecular weight is 290 g/mol. The summed E-state index contributed by atoms with van der Waals surface area (Å²) >= 11 is 0. The lowest BCUT2D eigenvalue weighted by Crippen LogP contribution is -2.20. The van der Waals surface area contributed by atoms with E-state index in [-0.39, 0.29) is 6.20 Å². The van der Waals surface area contributed by atoms with Crippen LogP contribution in [0.4, 0.5) is 32.0 Å². The molecule has 0 aromatic carbocycles. The van der Waals surface area contributed by atoms with Crippen molar-refractivity contribution < 1.29 is 36.0 Å². The van der Waals surface area contributed by atoms with Crippen LogP contribution in [0.5, 0.6) is 5.75 Å². The molecule has 5 nitrogen and oxygen atoms in total. The average Bonchev–Trinajstić information content (AvgIpc) is 2.16. The Bertz CT molecular complexity index is 510. The Morgan fingerprint density at radius 1 is 1.26 bits per heavy atom. The molecule has 0 aliphatic heterocycles. The molecule has 0 saturated carbocycles. The van der Waals surface area contributed by atoms with Gasteiger partial charge in [-0.15, -0.1) is 13.2 Å². The Balaban J connectivity index is 3.49. The van der Waals surface area contributed by atoms with Crippen LogP contribution in [0.3, 0.4) is 0 Å². The number of alkyl halides is 6. The van der Waals surface area contributed by atoms with Gasteiger partial charge in [-0.25, -0.2) is 4.98 Å². The highest BCUT2D eigenvalue weighted by Gasteiger charge is 2.41. The maximum atomic E-state index is 12.4. The molecule has 0 spiro atoms. The van der Waals surface area contributed by atoms with Crippen molar-refractivity contribution in [2.75, 3.05) is 0 Å². The summed E-state index contributed by atoms with van der Waals surface area (Å²) in [7, 11) is 0. The number of nitrogens with zero attached hydrogens (tertiary/aromatic N) is 2. The van der Waals surface area contributed by atoms with E-state index in [9.17, 15) is 36.5 Å². The van der Waals surface area contributed by atoms with E-state index in [0.717, 1.165) is 0 Å². The van der Waals surface area contributed by atoms with E-state index >= 15 is 0 Å². The molecule has 0 amide bonds. The van der Waals surface area contributed by atoms with E-state index in [1.807, 2.05) is 0 Å². The summed E-state index contributed by atoms with van der Waals surface area (Å²) in [5, 5.41) is 10.5. The fraction of sp³-hybridized carbons (Fsp3) is 0.375. The van der Waals surface area contributed by atoms with Crippen molar-refractivity contribution in [3.63, 3.8) is 0 Å². The van der Waals surface area contributed by atoms with Gasteiger partial charge in [-0.3, -0.25) is 10.1 Å². The van der Waals surface area contributed by atoms with Crippen LogP contribution >= 0.6 is 0 Å². The van der Waals surface area contributed by atoms with Gasteiger partial charge in [-0.1, -0.05) is 0 Å². The summed E-state index contributed by atoms with van der Waals surface area (Å²) in [4.78, 5) is 11.9. The highest BCUT2D eigenvalue weighted by atomic mass is 19.4. The standard InChI is InChI=1S/C8H4F6N2O3/c1-3-5(19-8(12,13)14)4(16(17)18)2-15-6(3)7(9,10)11/h2H,1H3. The fourth-order valence-electron chi connectivity index (χ4n) is 1.24. The largest absolute Gasteiger partial charge is 0.573 e. The summed E-state index contributed by atoms with van der Waals surface area (Å²) in [6.07, 6.45) is -10.3. The van der Waals surface area contributed by atoms with Crippen LogP contribution in [0.25, 0.3) is 0 Å². The third kappa shape index (κ3) is 3.45. The zero-order chi connectivity index (χ0) is 15.0. The second kappa shape index (κ2) is 4.55. The molecule has 11 heteroatoms. The van der Waals surface area contributed by atoms with Gasteiger partial charge in [-0.05, 0) is 6.92 Å². The van der Waals surface area contributed by atoms with Gasteiger partial charge in [0.05, 0.1) is 4.92 Å². The fourth-order valence-corrected chi connectivity index (χ4v) is 1.24. The number of aromatic nitrogens is 1. The molecule has 106 valence electrons. The molecule has 0 radical (unpaired) electrons. The second-order valence-electron chi connectivity index (χ2n) is 3.25. The topological polar surface area (TPSA) is 65.3 Å². The molecule has 1 rings (SSSR count). The minimum Gasteiger partial charge on any atom is -0.398 e. The van der Waals surface area contributed by atoms with Crippen molar-refractivity contribution in [1.29, 1.82) is 0 Å². The highest BCUT2D eigenvalue weighted by Crippen LogP contribution is 2.40. The van der Waals surface area contributed by atoms with Crippen molar-refractivity contribution >= 4 is 5.69 Å². The van der Waals surface area contributed by atoms with E-state index < -0.39 is 40.2 Å². The third-order valence-electron chi connectivity index (χ3n) is 1.93.